The third kappa shape index (κ3) is 1.95. The van der Waals surface area contributed by atoms with Crippen molar-refractivity contribution in [1.29, 1.82) is 0 Å². The summed E-state index contributed by atoms with van der Waals surface area (Å²) < 4.78 is 0. The standard InChI is InChI=1S/C17H12N2O4/c20-14-12-5-1-2-6-13(12)15(21)19(14)23-16(22)17(7-8-17)11-4-3-9-18-10-11/h1-6,9-10H,7-8H2. The van der Waals surface area contributed by atoms with Crippen molar-refractivity contribution in [2.24, 2.45) is 0 Å². The van der Waals surface area contributed by atoms with Crippen molar-refractivity contribution in [3.05, 3.63) is 65.5 Å². The summed E-state index contributed by atoms with van der Waals surface area (Å²) in [5.41, 5.74) is 0.429. The number of fused-ring (bicyclic) bond motifs is 1. The molecule has 1 saturated carbocycles. The van der Waals surface area contributed by atoms with Gasteiger partial charge in [-0.3, -0.25) is 14.6 Å². The molecule has 1 fully saturated rings. The van der Waals surface area contributed by atoms with Gasteiger partial charge in [-0.15, -0.1) is 0 Å². The molecule has 0 atom stereocenters. The molecule has 1 aliphatic heterocycles. The Bertz CT molecular complexity index is 792. The zero-order valence-corrected chi connectivity index (χ0v) is 12.1. The van der Waals surface area contributed by atoms with Gasteiger partial charge in [0.15, 0.2) is 0 Å². The van der Waals surface area contributed by atoms with Crippen LogP contribution in [0.15, 0.2) is 48.8 Å². The van der Waals surface area contributed by atoms with Crippen molar-refractivity contribution in [3.63, 3.8) is 0 Å². The average molecular weight is 308 g/mol. The van der Waals surface area contributed by atoms with Crippen LogP contribution in [0.4, 0.5) is 0 Å². The molecule has 23 heavy (non-hydrogen) atoms. The summed E-state index contributed by atoms with van der Waals surface area (Å²) in [6.07, 6.45) is 4.45. The Hall–Kier alpha value is -3.02. The first-order valence-electron chi connectivity index (χ1n) is 7.24. The van der Waals surface area contributed by atoms with Crippen LogP contribution in [-0.2, 0) is 15.0 Å². The number of carbonyl (C=O) groups excluding carboxylic acids is 3. The number of nitrogens with zero attached hydrogens (tertiary/aromatic N) is 2. The zero-order valence-electron chi connectivity index (χ0n) is 12.1. The Morgan fingerprint density at radius 1 is 1.04 bits per heavy atom. The van der Waals surface area contributed by atoms with Crippen molar-refractivity contribution in [3.8, 4) is 0 Å². The van der Waals surface area contributed by atoms with E-state index in [4.69, 9.17) is 4.84 Å². The van der Waals surface area contributed by atoms with Gasteiger partial charge in [0, 0.05) is 12.4 Å². The van der Waals surface area contributed by atoms with Crippen LogP contribution in [0.1, 0.15) is 39.1 Å². The summed E-state index contributed by atoms with van der Waals surface area (Å²) in [6.45, 7) is 0. The zero-order chi connectivity index (χ0) is 16.0. The smallest absolute Gasteiger partial charge is 0.329 e. The van der Waals surface area contributed by atoms with E-state index in [0.29, 0.717) is 17.9 Å². The van der Waals surface area contributed by atoms with E-state index >= 15 is 0 Å². The second-order valence-corrected chi connectivity index (χ2v) is 5.65. The maximum atomic E-state index is 12.5. The molecule has 2 aromatic rings. The lowest BCUT2D eigenvalue weighted by atomic mass is 9.98. The molecule has 2 amide bonds. The minimum absolute atomic E-state index is 0.247. The van der Waals surface area contributed by atoms with Gasteiger partial charge < -0.3 is 4.84 Å². The quantitative estimate of drug-likeness (QED) is 0.809. The highest BCUT2D eigenvalue weighted by atomic mass is 16.7. The fraction of sp³-hybridized carbons (Fsp3) is 0.176. The SMILES string of the molecule is O=C1c2ccccc2C(=O)N1OC(=O)C1(c2cccnc2)CC1. The van der Waals surface area contributed by atoms with Crippen LogP contribution in [-0.4, -0.2) is 27.8 Å². The molecule has 0 radical (unpaired) electrons. The number of hydrogen-bond acceptors (Lipinski definition) is 5. The summed E-state index contributed by atoms with van der Waals surface area (Å²) in [5, 5.41) is 0.559. The lowest BCUT2D eigenvalue weighted by molar-refractivity contribution is -0.171. The van der Waals surface area contributed by atoms with E-state index in [1.807, 2.05) is 0 Å². The molecule has 1 aliphatic carbocycles. The van der Waals surface area contributed by atoms with Crippen molar-refractivity contribution < 1.29 is 19.2 Å². The second kappa shape index (κ2) is 4.74. The van der Waals surface area contributed by atoms with Crippen LogP contribution in [0.2, 0.25) is 0 Å². The third-order valence-electron chi connectivity index (χ3n) is 4.29. The van der Waals surface area contributed by atoms with Crippen LogP contribution in [0.25, 0.3) is 0 Å². The Morgan fingerprint density at radius 3 is 2.22 bits per heavy atom. The van der Waals surface area contributed by atoms with Crippen LogP contribution in [0.3, 0.4) is 0 Å². The summed E-state index contributed by atoms with van der Waals surface area (Å²) in [5.74, 6) is -1.82. The Labute approximate surface area is 131 Å². The van der Waals surface area contributed by atoms with Gasteiger partial charge in [0.05, 0.1) is 16.5 Å². The minimum atomic E-state index is -0.802. The van der Waals surface area contributed by atoms with E-state index in [9.17, 15) is 14.4 Å². The van der Waals surface area contributed by atoms with E-state index < -0.39 is 23.2 Å². The number of aromatic nitrogens is 1. The highest BCUT2D eigenvalue weighted by Gasteiger charge is 2.55. The van der Waals surface area contributed by atoms with Gasteiger partial charge in [-0.05, 0) is 36.6 Å². The predicted octanol–water partition coefficient (Wildman–Crippen LogP) is 1.87. The summed E-state index contributed by atoms with van der Waals surface area (Å²) >= 11 is 0. The molecule has 114 valence electrons. The van der Waals surface area contributed by atoms with Gasteiger partial charge in [-0.1, -0.05) is 23.3 Å². The predicted molar refractivity (Wildman–Crippen MR) is 78.2 cm³/mol. The van der Waals surface area contributed by atoms with E-state index in [2.05, 4.69) is 4.98 Å². The Kier molecular flexibility index (Phi) is 2.81. The molecule has 0 spiro atoms. The normalized spacial score (nSPS) is 17.8. The maximum absolute atomic E-state index is 12.5. The van der Waals surface area contributed by atoms with Crippen LogP contribution >= 0.6 is 0 Å². The molecule has 0 saturated heterocycles. The summed E-state index contributed by atoms with van der Waals surface area (Å²) in [6, 6.07) is 9.93. The van der Waals surface area contributed by atoms with Gasteiger partial charge in [-0.2, -0.15) is 0 Å². The lowest BCUT2D eigenvalue weighted by Gasteiger charge is -2.18. The maximum Gasteiger partial charge on any atom is 0.343 e. The first kappa shape index (κ1) is 13.6. The Morgan fingerprint density at radius 2 is 1.70 bits per heavy atom. The topological polar surface area (TPSA) is 76.6 Å². The Balaban J connectivity index is 1.59. The summed E-state index contributed by atoms with van der Waals surface area (Å²) in [4.78, 5) is 46.2. The first-order chi connectivity index (χ1) is 11.1. The molecular weight excluding hydrogens is 296 g/mol. The molecule has 2 heterocycles. The number of imide groups is 1. The molecule has 0 bridgehead atoms. The molecule has 0 unspecified atom stereocenters. The number of benzene rings is 1. The number of rotatable bonds is 3. The summed E-state index contributed by atoms with van der Waals surface area (Å²) in [7, 11) is 0. The number of hydroxylamine groups is 2. The molecular formula is C17H12N2O4. The second-order valence-electron chi connectivity index (χ2n) is 5.65. The van der Waals surface area contributed by atoms with Gasteiger partial charge in [-0.25, -0.2) is 4.79 Å². The van der Waals surface area contributed by atoms with Crippen molar-refractivity contribution in [2.45, 2.75) is 18.3 Å². The van der Waals surface area contributed by atoms with Gasteiger partial charge in [0.25, 0.3) is 11.8 Å². The highest BCUT2D eigenvalue weighted by molar-refractivity contribution is 6.21. The minimum Gasteiger partial charge on any atom is -0.329 e. The molecule has 4 rings (SSSR count). The van der Waals surface area contributed by atoms with E-state index in [1.54, 1.807) is 36.7 Å². The van der Waals surface area contributed by atoms with Gasteiger partial charge in [0.1, 0.15) is 0 Å². The van der Waals surface area contributed by atoms with Gasteiger partial charge in [0.2, 0.25) is 0 Å². The van der Waals surface area contributed by atoms with E-state index in [0.717, 1.165) is 5.56 Å². The van der Waals surface area contributed by atoms with Crippen molar-refractivity contribution in [1.82, 2.24) is 10.0 Å². The third-order valence-corrected chi connectivity index (χ3v) is 4.29. The molecule has 1 aromatic carbocycles. The highest BCUT2D eigenvalue weighted by Crippen LogP contribution is 2.49. The fourth-order valence-electron chi connectivity index (χ4n) is 2.80. The first-order valence-corrected chi connectivity index (χ1v) is 7.24. The number of hydrogen-bond donors (Lipinski definition) is 0. The molecule has 6 heteroatoms. The van der Waals surface area contributed by atoms with Crippen LogP contribution in [0, 0.1) is 0 Å². The molecule has 0 N–H and O–H groups in total. The number of carbonyl (C=O) groups is 3. The molecule has 6 nitrogen and oxygen atoms in total. The lowest BCUT2D eigenvalue weighted by Crippen LogP contribution is -2.37. The average Bonchev–Trinajstić information content (AvgIpc) is 3.37. The molecule has 1 aromatic heterocycles. The monoisotopic (exact) mass is 308 g/mol. The number of pyridine rings is 1. The number of amides is 2. The van der Waals surface area contributed by atoms with E-state index in [-0.39, 0.29) is 11.1 Å². The van der Waals surface area contributed by atoms with Crippen LogP contribution < -0.4 is 0 Å². The largest absolute Gasteiger partial charge is 0.343 e. The van der Waals surface area contributed by atoms with Crippen LogP contribution in [0.5, 0.6) is 0 Å². The van der Waals surface area contributed by atoms with Gasteiger partial charge >= 0.3 is 5.97 Å². The van der Waals surface area contributed by atoms with Crippen molar-refractivity contribution in [2.75, 3.05) is 0 Å². The van der Waals surface area contributed by atoms with Crippen molar-refractivity contribution >= 4 is 17.8 Å². The van der Waals surface area contributed by atoms with E-state index in [1.165, 1.54) is 12.1 Å². The fourth-order valence-corrected chi connectivity index (χ4v) is 2.80. The molecule has 2 aliphatic rings.